The van der Waals surface area contributed by atoms with Crippen LogP contribution in [0.1, 0.15) is 33.6 Å². The van der Waals surface area contributed by atoms with Crippen LogP contribution in [0, 0.1) is 5.41 Å². The van der Waals surface area contributed by atoms with Crippen molar-refractivity contribution >= 4 is 5.69 Å². The minimum Gasteiger partial charge on any atom is -0.491 e. The molecule has 0 saturated carbocycles. The van der Waals surface area contributed by atoms with E-state index in [9.17, 15) is 5.11 Å². The number of benzene rings is 1. The molecule has 0 aliphatic heterocycles. The van der Waals surface area contributed by atoms with Gasteiger partial charge in [-0.1, -0.05) is 32.9 Å². The number of anilines is 1. The lowest BCUT2D eigenvalue weighted by Gasteiger charge is -2.27. The van der Waals surface area contributed by atoms with E-state index in [0.29, 0.717) is 0 Å². The van der Waals surface area contributed by atoms with E-state index in [4.69, 9.17) is 4.74 Å². The normalized spacial score (nSPS) is 14.0. The zero-order chi connectivity index (χ0) is 13.4. The van der Waals surface area contributed by atoms with Gasteiger partial charge >= 0.3 is 0 Å². The number of hydrogen-bond acceptors (Lipinski definition) is 3. The summed E-state index contributed by atoms with van der Waals surface area (Å²) in [6.07, 6.45) is 1.94. The van der Waals surface area contributed by atoms with Crippen LogP contribution in [-0.4, -0.2) is 24.9 Å². The number of ether oxygens (including phenoxy) is 1. The molecule has 0 saturated heterocycles. The summed E-state index contributed by atoms with van der Waals surface area (Å²) >= 11 is 0. The van der Waals surface area contributed by atoms with Crippen LogP contribution in [0.3, 0.4) is 0 Å². The van der Waals surface area contributed by atoms with Crippen molar-refractivity contribution in [3.63, 3.8) is 0 Å². The van der Waals surface area contributed by atoms with Gasteiger partial charge in [-0.05, 0) is 25.0 Å². The predicted octanol–water partition coefficient (Wildman–Crippen LogP) is 3.30. The maximum atomic E-state index is 9.40. The maximum absolute atomic E-state index is 9.40. The van der Waals surface area contributed by atoms with Gasteiger partial charge in [0.1, 0.15) is 5.75 Å². The second-order valence-electron chi connectivity index (χ2n) is 5.02. The highest BCUT2D eigenvalue weighted by atomic mass is 16.5. The molecule has 1 aromatic rings. The van der Waals surface area contributed by atoms with Crippen molar-refractivity contribution in [1.82, 2.24) is 0 Å². The third-order valence-corrected chi connectivity index (χ3v) is 3.29. The fourth-order valence-electron chi connectivity index (χ4n) is 1.55. The fourth-order valence-corrected chi connectivity index (χ4v) is 1.55. The average Bonchev–Trinajstić information content (AvgIpc) is 2.43. The first-order valence-electron chi connectivity index (χ1n) is 6.71. The molecule has 18 heavy (non-hydrogen) atoms. The zero-order valence-corrected chi connectivity index (χ0v) is 11.7. The Hall–Kier alpha value is -1.22. The number of para-hydroxylation sites is 2. The van der Waals surface area contributed by atoms with Crippen LogP contribution < -0.4 is 10.1 Å². The molecule has 3 heteroatoms. The van der Waals surface area contributed by atoms with Gasteiger partial charge in [0, 0.05) is 12.0 Å². The first kappa shape index (κ1) is 14.8. The SMILES string of the molecule is CCCOc1ccccc1NCC(C)(CC)CO. The molecule has 0 radical (unpaired) electrons. The minimum absolute atomic E-state index is 0.0854. The highest BCUT2D eigenvalue weighted by Crippen LogP contribution is 2.27. The lowest BCUT2D eigenvalue weighted by molar-refractivity contribution is 0.149. The van der Waals surface area contributed by atoms with Crippen molar-refractivity contribution in [2.75, 3.05) is 25.1 Å². The molecule has 0 aliphatic carbocycles. The van der Waals surface area contributed by atoms with Crippen molar-refractivity contribution < 1.29 is 9.84 Å². The first-order valence-corrected chi connectivity index (χ1v) is 6.71. The van der Waals surface area contributed by atoms with Crippen molar-refractivity contribution in [3.05, 3.63) is 24.3 Å². The van der Waals surface area contributed by atoms with Crippen LogP contribution in [0.15, 0.2) is 24.3 Å². The van der Waals surface area contributed by atoms with Gasteiger partial charge < -0.3 is 15.2 Å². The molecule has 0 spiro atoms. The Kier molecular flexibility index (Phi) is 5.99. The van der Waals surface area contributed by atoms with Crippen LogP contribution in [0.25, 0.3) is 0 Å². The quantitative estimate of drug-likeness (QED) is 0.745. The highest BCUT2D eigenvalue weighted by Gasteiger charge is 2.21. The molecule has 2 N–H and O–H groups in total. The van der Waals surface area contributed by atoms with Crippen LogP contribution >= 0.6 is 0 Å². The zero-order valence-electron chi connectivity index (χ0n) is 11.7. The van der Waals surface area contributed by atoms with Gasteiger partial charge in [-0.3, -0.25) is 0 Å². The van der Waals surface area contributed by atoms with Gasteiger partial charge in [0.2, 0.25) is 0 Å². The second kappa shape index (κ2) is 7.27. The Balaban J connectivity index is 2.66. The molecule has 3 nitrogen and oxygen atoms in total. The molecule has 0 aromatic heterocycles. The molecule has 0 bridgehead atoms. The summed E-state index contributed by atoms with van der Waals surface area (Å²) in [6, 6.07) is 7.95. The van der Waals surface area contributed by atoms with E-state index in [-0.39, 0.29) is 12.0 Å². The Morgan fingerprint density at radius 3 is 2.61 bits per heavy atom. The van der Waals surface area contributed by atoms with Crippen molar-refractivity contribution in [2.45, 2.75) is 33.6 Å². The molecule has 1 unspecified atom stereocenters. The Labute approximate surface area is 110 Å². The van der Waals surface area contributed by atoms with Gasteiger partial charge in [-0.15, -0.1) is 0 Å². The second-order valence-corrected chi connectivity index (χ2v) is 5.02. The largest absolute Gasteiger partial charge is 0.491 e. The van der Waals surface area contributed by atoms with E-state index in [1.807, 2.05) is 24.3 Å². The van der Waals surface area contributed by atoms with Crippen molar-refractivity contribution in [3.8, 4) is 5.75 Å². The predicted molar refractivity (Wildman–Crippen MR) is 76.2 cm³/mol. The molecule has 0 amide bonds. The number of aliphatic hydroxyl groups excluding tert-OH is 1. The van der Waals surface area contributed by atoms with Gasteiger partial charge in [-0.25, -0.2) is 0 Å². The molecule has 1 aromatic carbocycles. The summed E-state index contributed by atoms with van der Waals surface area (Å²) in [5, 5.41) is 12.8. The van der Waals surface area contributed by atoms with Crippen molar-refractivity contribution in [2.24, 2.45) is 5.41 Å². The molecular formula is C15H25NO2. The Morgan fingerprint density at radius 2 is 2.00 bits per heavy atom. The lowest BCUT2D eigenvalue weighted by Crippen LogP contribution is -2.29. The third kappa shape index (κ3) is 4.22. The van der Waals surface area contributed by atoms with E-state index in [1.165, 1.54) is 0 Å². The van der Waals surface area contributed by atoms with Crippen molar-refractivity contribution in [1.29, 1.82) is 0 Å². The number of hydrogen-bond donors (Lipinski definition) is 2. The molecule has 0 aliphatic rings. The van der Waals surface area contributed by atoms with Crippen LogP contribution in [0.4, 0.5) is 5.69 Å². The van der Waals surface area contributed by atoms with E-state index < -0.39 is 0 Å². The first-order chi connectivity index (χ1) is 8.65. The lowest BCUT2D eigenvalue weighted by atomic mass is 9.88. The standard InChI is InChI=1S/C15H25NO2/c1-4-10-18-14-9-7-6-8-13(14)16-11-15(3,5-2)12-17/h6-9,16-17H,4-5,10-12H2,1-3H3. The van der Waals surface area contributed by atoms with E-state index in [1.54, 1.807) is 0 Å². The summed E-state index contributed by atoms with van der Waals surface area (Å²) in [6.45, 7) is 7.92. The van der Waals surface area contributed by atoms with E-state index in [0.717, 1.165) is 37.4 Å². The monoisotopic (exact) mass is 251 g/mol. The van der Waals surface area contributed by atoms with Gasteiger partial charge in [-0.2, -0.15) is 0 Å². The minimum atomic E-state index is -0.0854. The molecule has 1 atom stereocenters. The molecule has 1 rings (SSSR count). The highest BCUT2D eigenvalue weighted by molar-refractivity contribution is 5.56. The summed E-state index contributed by atoms with van der Waals surface area (Å²) in [5.41, 5.74) is 0.914. The molecular weight excluding hydrogens is 226 g/mol. The summed E-state index contributed by atoms with van der Waals surface area (Å²) in [5.74, 6) is 0.885. The molecule has 0 heterocycles. The van der Waals surface area contributed by atoms with Crippen LogP contribution in [-0.2, 0) is 0 Å². The molecule has 102 valence electrons. The van der Waals surface area contributed by atoms with Crippen LogP contribution in [0.2, 0.25) is 0 Å². The Bertz CT molecular complexity index is 348. The number of rotatable bonds is 8. The van der Waals surface area contributed by atoms with Gasteiger partial charge in [0.25, 0.3) is 0 Å². The Morgan fingerprint density at radius 1 is 1.28 bits per heavy atom. The number of nitrogens with one attached hydrogen (secondary N) is 1. The summed E-state index contributed by atoms with van der Waals surface area (Å²) in [7, 11) is 0. The van der Waals surface area contributed by atoms with Crippen LogP contribution in [0.5, 0.6) is 5.75 Å². The summed E-state index contributed by atoms with van der Waals surface area (Å²) < 4.78 is 5.69. The van der Waals surface area contributed by atoms with E-state index >= 15 is 0 Å². The molecule has 0 fully saturated rings. The third-order valence-electron chi connectivity index (χ3n) is 3.29. The summed E-state index contributed by atoms with van der Waals surface area (Å²) in [4.78, 5) is 0. The average molecular weight is 251 g/mol. The van der Waals surface area contributed by atoms with Gasteiger partial charge in [0.15, 0.2) is 0 Å². The fraction of sp³-hybridized carbons (Fsp3) is 0.600. The number of aliphatic hydroxyl groups is 1. The smallest absolute Gasteiger partial charge is 0.142 e. The van der Waals surface area contributed by atoms with E-state index in [2.05, 4.69) is 26.1 Å². The maximum Gasteiger partial charge on any atom is 0.142 e. The van der Waals surface area contributed by atoms with Gasteiger partial charge in [0.05, 0.1) is 18.9 Å². The topological polar surface area (TPSA) is 41.5 Å².